The van der Waals surface area contributed by atoms with Gasteiger partial charge in [0.2, 0.25) is 0 Å². The Bertz CT molecular complexity index is 1160. The molecule has 33 heavy (non-hydrogen) atoms. The van der Waals surface area contributed by atoms with Crippen LogP contribution in [0.3, 0.4) is 0 Å². The molecule has 1 amide bonds. The lowest BCUT2D eigenvalue weighted by molar-refractivity contribution is 0.102. The molecule has 0 atom stereocenters. The monoisotopic (exact) mass is 437 g/mol. The van der Waals surface area contributed by atoms with E-state index < -0.39 is 0 Å². The molecule has 1 fully saturated rings. The number of aromatic nitrogens is 2. The van der Waals surface area contributed by atoms with Crippen molar-refractivity contribution in [3.05, 3.63) is 108 Å². The minimum atomic E-state index is -0.121. The number of piperazine rings is 1. The molecule has 0 radical (unpaired) electrons. The van der Waals surface area contributed by atoms with Crippen LogP contribution in [0.4, 0.5) is 11.4 Å². The van der Waals surface area contributed by atoms with Crippen molar-refractivity contribution in [3.8, 4) is 5.69 Å². The first-order chi connectivity index (χ1) is 16.2. The zero-order chi connectivity index (χ0) is 22.5. The van der Waals surface area contributed by atoms with E-state index in [2.05, 4.69) is 62.7 Å². The zero-order valence-corrected chi connectivity index (χ0v) is 18.5. The maximum atomic E-state index is 12.6. The van der Waals surface area contributed by atoms with Crippen LogP contribution in [0.15, 0.2) is 97.3 Å². The van der Waals surface area contributed by atoms with Crippen LogP contribution in [0.1, 0.15) is 15.9 Å². The van der Waals surface area contributed by atoms with Gasteiger partial charge in [-0.2, -0.15) is 5.10 Å². The van der Waals surface area contributed by atoms with E-state index in [0.717, 1.165) is 44.1 Å². The van der Waals surface area contributed by atoms with Gasteiger partial charge in [-0.05, 0) is 60.2 Å². The predicted octanol–water partition coefficient (Wildman–Crippen LogP) is 4.45. The summed E-state index contributed by atoms with van der Waals surface area (Å²) in [6.45, 7) is 5.09. The van der Waals surface area contributed by atoms with Crippen LogP contribution in [0.5, 0.6) is 0 Å². The van der Waals surface area contributed by atoms with Crippen LogP contribution >= 0.6 is 0 Å². The lowest BCUT2D eigenvalue weighted by atomic mass is 10.1. The molecule has 1 N–H and O–H groups in total. The van der Waals surface area contributed by atoms with Crippen molar-refractivity contribution in [1.29, 1.82) is 0 Å². The molecule has 2 heterocycles. The molecule has 0 unspecified atom stereocenters. The summed E-state index contributed by atoms with van der Waals surface area (Å²) in [4.78, 5) is 17.5. The first-order valence-corrected chi connectivity index (χ1v) is 11.3. The number of carbonyl (C=O) groups is 1. The molecule has 1 aromatic heterocycles. The Kier molecular flexibility index (Phi) is 6.17. The number of anilines is 2. The first kappa shape index (κ1) is 21.0. The minimum absolute atomic E-state index is 0.121. The summed E-state index contributed by atoms with van der Waals surface area (Å²) in [5, 5.41) is 7.20. The second-order valence-corrected chi connectivity index (χ2v) is 8.25. The van der Waals surface area contributed by atoms with Gasteiger partial charge in [0.1, 0.15) is 0 Å². The second-order valence-electron chi connectivity index (χ2n) is 8.25. The van der Waals surface area contributed by atoms with Crippen molar-refractivity contribution in [3.63, 3.8) is 0 Å². The number of hydrogen-bond acceptors (Lipinski definition) is 4. The number of rotatable bonds is 6. The van der Waals surface area contributed by atoms with E-state index in [-0.39, 0.29) is 5.91 Å². The summed E-state index contributed by atoms with van der Waals surface area (Å²) in [5.41, 5.74) is 4.88. The average Bonchev–Trinajstić information content (AvgIpc) is 3.41. The fourth-order valence-corrected chi connectivity index (χ4v) is 4.15. The van der Waals surface area contributed by atoms with Gasteiger partial charge in [0.15, 0.2) is 0 Å². The van der Waals surface area contributed by atoms with E-state index in [1.165, 1.54) is 11.3 Å². The largest absolute Gasteiger partial charge is 0.369 e. The van der Waals surface area contributed by atoms with Gasteiger partial charge in [0, 0.05) is 62.1 Å². The van der Waals surface area contributed by atoms with Crippen molar-refractivity contribution in [2.24, 2.45) is 0 Å². The van der Waals surface area contributed by atoms with Crippen LogP contribution in [-0.2, 0) is 6.54 Å². The van der Waals surface area contributed by atoms with E-state index in [0.29, 0.717) is 5.56 Å². The first-order valence-electron chi connectivity index (χ1n) is 11.3. The SMILES string of the molecule is O=C(Nc1ccc(N2CCN(Cc3ccccc3)CC2)cc1)c1ccc(-n2cccn2)cc1. The fraction of sp³-hybridized carbons (Fsp3) is 0.185. The number of carbonyl (C=O) groups excluding carboxylic acids is 1. The van der Waals surface area contributed by atoms with Gasteiger partial charge in [-0.15, -0.1) is 0 Å². The van der Waals surface area contributed by atoms with Gasteiger partial charge in [-0.3, -0.25) is 9.69 Å². The molecule has 6 heteroatoms. The summed E-state index contributed by atoms with van der Waals surface area (Å²) in [7, 11) is 0. The number of nitrogens with one attached hydrogen (secondary N) is 1. The second kappa shape index (κ2) is 9.71. The Morgan fingerprint density at radius 2 is 1.48 bits per heavy atom. The van der Waals surface area contributed by atoms with Crippen LogP contribution < -0.4 is 10.2 Å². The van der Waals surface area contributed by atoms with Crippen LogP contribution in [0.25, 0.3) is 5.69 Å². The van der Waals surface area contributed by atoms with Gasteiger partial charge in [0.25, 0.3) is 5.91 Å². The normalized spacial score (nSPS) is 14.2. The molecule has 3 aromatic carbocycles. The predicted molar refractivity (Wildman–Crippen MR) is 132 cm³/mol. The zero-order valence-electron chi connectivity index (χ0n) is 18.5. The van der Waals surface area contributed by atoms with Crippen LogP contribution in [-0.4, -0.2) is 46.8 Å². The smallest absolute Gasteiger partial charge is 0.255 e. The van der Waals surface area contributed by atoms with Crippen molar-refractivity contribution in [2.45, 2.75) is 6.54 Å². The van der Waals surface area contributed by atoms with Gasteiger partial charge in [0.05, 0.1) is 5.69 Å². The molecule has 1 aliphatic heterocycles. The van der Waals surface area contributed by atoms with E-state index >= 15 is 0 Å². The molecule has 5 rings (SSSR count). The minimum Gasteiger partial charge on any atom is -0.369 e. The third kappa shape index (κ3) is 5.13. The van der Waals surface area contributed by atoms with Crippen molar-refractivity contribution < 1.29 is 4.79 Å². The maximum absolute atomic E-state index is 12.6. The molecule has 0 bridgehead atoms. The molecule has 1 aliphatic rings. The topological polar surface area (TPSA) is 53.4 Å². The number of nitrogens with zero attached hydrogens (tertiary/aromatic N) is 4. The lowest BCUT2D eigenvalue weighted by Crippen LogP contribution is -2.45. The number of hydrogen-bond donors (Lipinski definition) is 1. The summed E-state index contributed by atoms with van der Waals surface area (Å²) in [5.74, 6) is -0.121. The number of amides is 1. The standard InChI is InChI=1S/C27H27N5O/c33-27(23-7-11-26(12-8-23)32-16-4-15-28-32)29-24-9-13-25(14-10-24)31-19-17-30(18-20-31)21-22-5-2-1-3-6-22/h1-16H,17-21H2,(H,29,33). The average molecular weight is 438 g/mol. The molecule has 0 saturated carbocycles. The van der Waals surface area contributed by atoms with E-state index in [1.807, 2.05) is 48.7 Å². The molecule has 1 saturated heterocycles. The van der Waals surface area contributed by atoms with Gasteiger partial charge < -0.3 is 10.2 Å². The highest BCUT2D eigenvalue weighted by molar-refractivity contribution is 6.04. The Labute approximate surface area is 194 Å². The van der Waals surface area contributed by atoms with Gasteiger partial charge in [-0.1, -0.05) is 30.3 Å². The van der Waals surface area contributed by atoms with E-state index in [4.69, 9.17) is 0 Å². The number of benzene rings is 3. The Morgan fingerprint density at radius 1 is 0.788 bits per heavy atom. The molecular weight excluding hydrogens is 410 g/mol. The third-order valence-electron chi connectivity index (χ3n) is 6.01. The van der Waals surface area contributed by atoms with Gasteiger partial charge >= 0.3 is 0 Å². The highest BCUT2D eigenvalue weighted by Gasteiger charge is 2.17. The van der Waals surface area contributed by atoms with Crippen molar-refractivity contribution in [2.75, 3.05) is 36.4 Å². The van der Waals surface area contributed by atoms with E-state index in [9.17, 15) is 4.79 Å². The summed E-state index contributed by atoms with van der Waals surface area (Å²) in [6.07, 6.45) is 3.61. The Balaban J connectivity index is 1.14. The molecule has 6 nitrogen and oxygen atoms in total. The maximum Gasteiger partial charge on any atom is 0.255 e. The lowest BCUT2D eigenvalue weighted by Gasteiger charge is -2.36. The van der Waals surface area contributed by atoms with Crippen molar-refractivity contribution in [1.82, 2.24) is 14.7 Å². The molecule has 166 valence electrons. The summed E-state index contributed by atoms with van der Waals surface area (Å²) in [6, 6.07) is 28.0. The Hall–Kier alpha value is -3.90. The fourth-order valence-electron chi connectivity index (χ4n) is 4.15. The highest BCUT2D eigenvalue weighted by atomic mass is 16.1. The summed E-state index contributed by atoms with van der Waals surface area (Å²) >= 11 is 0. The van der Waals surface area contributed by atoms with Crippen LogP contribution in [0, 0.1) is 0 Å². The molecule has 0 spiro atoms. The third-order valence-corrected chi connectivity index (χ3v) is 6.01. The Morgan fingerprint density at radius 3 is 2.15 bits per heavy atom. The molecular formula is C27H27N5O. The van der Waals surface area contributed by atoms with Crippen molar-refractivity contribution >= 4 is 17.3 Å². The summed E-state index contributed by atoms with van der Waals surface area (Å²) < 4.78 is 1.77. The molecule has 4 aromatic rings. The van der Waals surface area contributed by atoms with Crippen LogP contribution in [0.2, 0.25) is 0 Å². The van der Waals surface area contributed by atoms with E-state index in [1.54, 1.807) is 10.9 Å². The highest BCUT2D eigenvalue weighted by Crippen LogP contribution is 2.21. The quantitative estimate of drug-likeness (QED) is 0.484. The van der Waals surface area contributed by atoms with Gasteiger partial charge in [-0.25, -0.2) is 4.68 Å². The molecule has 0 aliphatic carbocycles.